The number of rotatable bonds is 7. The molecule has 0 aromatic heterocycles. The highest BCUT2D eigenvalue weighted by molar-refractivity contribution is 14.0. The first-order chi connectivity index (χ1) is 13.7. The Hall–Kier alpha value is -2.49. The van der Waals surface area contributed by atoms with E-state index in [1.54, 1.807) is 32.4 Å². The number of carbonyl (C=O) groups excluding carboxylic acids is 1. The molecule has 0 atom stereocenters. The number of ether oxygens (including phenoxy) is 3. The number of guanidine groups is 1. The van der Waals surface area contributed by atoms with Crippen LogP contribution in [0.15, 0.2) is 47.5 Å². The van der Waals surface area contributed by atoms with Crippen LogP contribution in [0.25, 0.3) is 0 Å². The average molecular weight is 527 g/mol. The Morgan fingerprint density at radius 3 is 2.37 bits per heavy atom. The fourth-order valence-corrected chi connectivity index (χ4v) is 2.55. The zero-order valence-electron chi connectivity index (χ0n) is 18.0. The van der Waals surface area contributed by atoms with Crippen LogP contribution in [0, 0.1) is 0 Å². The Balaban J connectivity index is 0.00000450. The Morgan fingerprint density at radius 1 is 1.03 bits per heavy atom. The number of halogens is 1. The summed E-state index contributed by atoms with van der Waals surface area (Å²) in [5, 5.41) is 3.07. The van der Waals surface area contributed by atoms with Crippen LogP contribution in [0.1, 0.15) is 42.3 Å². The van der Waals surface area contributed by atoms with Crippen LogP contribution in [-0.2, 0) is 17.8 Å². The first kappa shape index (κ1) is 25.5. The number of esters is 1. The van der Waals surface area contributed by atoms with E-state index in [1.165, 1.54) is 0 Å². The second-order valence-electron chi connectivity index (χ2n) is 7.45. The first-order valence-electron chi connectivity index (χ1n) is 9.29. The molecule has 0 aliphatic carbocycles. The monoisotopic (exact) mass is 527 g/mol. The van der Waals surface area contributed by atoms with Gasteiger partial charge in [-0.2, -0.15) is 0 Å². The van der Waals surface area contributed by atoms with Gasteiger partial charge in [0.15, 0.2) is 17.5 Å². The minimum Gasteiger partial charge on any atom is -0.493 e. The number of aliphatic imine (C=N–C) groups is 1. The molecule has 0 fully saturated rings. The highest BCUT2D eigenvalue weighted by Crippen LogP contribution is 2.27. The van der Waals surface area contributed by atoms with Crippen molar-refractivity contribution in [2.75, 3.05) is 14.2 Å². The number of hydrogen-bond donors (Lipinski definition) is 2. The lowest BCUT2D eigenvalue weighted by Gasteiger charge is -2.19. The zero-order valence-corrected chi connectivity index (χ0v) is 20.4. The average Bonchev–Trinajstić information content (AvgIpc) is 2.69. The van der Waals surface area contributed by atoms with Crippen molar-refractivity contribution in [2.45, 2.75) is 39.5 Å². The summed E-state index contributed by atoms with van der Waals surface area (Å²) in [5.41, 5.74) is 7.77. The molecule has 2 rings (SSSR count). The van der Waals surface area contributed by atoms with Crippen molar-refractivity contribution < 1.29 is 19.0 Å². The van der Waals surface area contributed by atoms with Crippen LogP contribution in [0.3, 0.4) is 0 Å². The maximum Gasteiger partial charge on any atom is 0.338 e. The molecule has 0 aliphatic heterocycles. The molecule has 0 bridgehead atoms. The third-order valence-electron chi connectivity index (χ3n) is 3.92. The molecule has 164 valence electrons. The van der Waals surface area contributed by atoms with Gasteiger partial charge in [0.1, 0.15) is 5.60 Å². The Morgan fingerprint density at radius 2 is 1.73 bits per heavy atom. The van der Waals surface area contributed by atoms with Crippen molar-refractivity contribution in [1.29, 1.82) is 0 Å². The van der Waals surface area contributed by atoms with Crippen LogP contribution < -0.4 is 20.5 Å². The van der Waals surface area contributed by atoms with Crippen molar-refractivity contribution in [2.24, 2.45) is 10.7 Å². The van der Waals surface area contributed by atoms with Crippen molar-refractivity contribution in [1.82, 2.24) is 5.32 Å². The second-order valence-corrected chi connectivity index (χ2v) is 7.45. The van der Waals surface area contributed by atoms with Gasteiger partial charge in [0.25, 0.3) is 0 Å². The van der Waals surface area contributed by atoms with E-state index in [9.17, 15) is 4.79 Å². The summed E-state index contributed by atoms with van der Waals surface area (Å²) in [7, 11) is 3.19. The maximum atomic E-state index is 12.2. The van der Waals surface area contributed by atoms with E-state index in [1.807, 2.05) is 45.0 Å². The largest absolute Gasteiger partial charge is 0.493 e. The lowest BCUT2D eigenvalue weighted by molar-refractivity contribution is 0.00694. The number of benzene rings is 2. The highest BCUT2D eigenvalue weighted by Gasteiger charge is 2.17. The minimum atomic E-state index is -0.538. The lowest BCUT2D eigenvalue weighted by Crippen LogP contribution is -2.31. The quantitative estimate of drug-likeness (QED) is 0.246. The number of carbonyl (C=O) groups is 1. The predicted molar refractivity (Wildman–Crippen MR) is 129 cm³/mol. The molecule has 0 heterocycles. The van der Waals surface area contributed by atoms with Crippen molar-refractivity contribution >= 4 is 35.9 Å². The third kappa shape index (κ3) is 8.10. The van der Waals surface area contributed by atoms with Crippen LogP contribution in [0.2, 0.25) is 0 Å². The molecule has 0 spiro atoms. The molecule has 7 nitrogen and oxygen atoms in total. The molecule has 0 amide bonds. The topological polar surface area (TPSA) is 95.2 Å². The van der Waals surface area contributed by atoms with Gasteiger partial charge in [-0.3, -0.25) is 0 Å². The van der Waals surface area contributed by atoms with E-state index < -0.39 is 5.60 Å². The smallest absolute Gasteiger partial charge is 0.338 e. The van der Waals surface area contributed by atoms with Gasteiger partial charge in [-0.25, -0.2) is 9.79 Å². The van der Waals surface area contributed by atoms with Gasteiger partial charge in [0, 0.05) is 6.54 Å². The molecule has 0 saturated heterocycles. The molecule has 3 N–H and O–H groups in total. The third-order valence-corrected chi connectivity index (χ3v) is 3.92. The molecule has 2 aromatic rings. The maximum absolute atomic E-state index is 12.2. The standard InChI is InChI=1S/C22H29N3O4.HI/c1-22(2,3)29-20(26)17-8-6-7-15(11-17)13-24-21(23)25-14-16-9-10-18(27-4)19(12-16)28-5;/h6-12H,13-14H2,1-5H3,(H3,23,24,25);1H. The first-order valence-corrected chi connectivity index (χ1v) is 9.29. The molecule has 0 unspecified atom stereocenters. The van der Waals surface area contributed by atoms with Crippen molar-refractivity contribution in [3.05, 3.63) is 59.2 Å². The number of nitrogens with one attached hydrogen (secondary N) is 1. The summed E-state index contributed by atoms with van der Waals surface area (Å²) in [5.74, 6) is 1.27. The zero-order chi connectivity index (χ0) is 21.4. The summed E-state index contributed by atoms with van der Waals surface area (Å²) in [6.45, 7) is 6.35. The van der Waals surface area contributed by atoms with E-state index in [0.29, 0.717) is 36.1 Å². The van der Waals surface area contributed by atoms with Crippen LogP contribution in [0.4, 0.5) is 0 Å². The normalized spacial score (nSPS) is 11.3. The van der Waals surface area contributed by atoms with E-state index in [2.05, 4.69) is 10.3 Å². The molecule has 0 radical (unpaired) electrons. The van der Waals surface area contributed by atoms with Crippen molar-refractivity contribution in [3.63, 3.8) is 0 Å². The Labute approximate surface area is 195 Å². The number of methoxy groups -OCH3 is 2. The number of nitrogens with zero attached hydrogens (tertiary/aromatic N) is 1. The van der Waals surface area contributed by atoms with E-state index in [0.717, 1.165) is 11.1 Å². The fraction of sp³-hybridized carbons (Fsp3) is 0.364. The fourth-order valence-electron chi connectivity index (χ4n) is 2.55. The summed E-state index contributed by atoms with van der Waals surface area (Å²) in [4.78, 5) is 16.5. The minimum absolute atomic E-state index is 0. The van der Waals surface area contributed by atoms with Gasteiger partial charge in [-0.1, -0.05) is 18.2 Å². The molecular formula is C22H30IN3O4. The van der Waals surface area contributed by atoms with Crippen molar-refractivity contribution in [3.8, 4) is 11.5 Å². The summed E-state index contributed by atoms with van der Waals surface area (Å²) < 4.78 is 15.9. The predicted octanol–water partition coefficient (Wildman–Crippen LogP) is 3.88. The van der Waals surface area contributed by atoms with Crippen LogP contribution in [0.5, 0.6) is 11.5 Å². The van der Waals surface area contributed by atoms with Gasteiger partial charge in [-0.05, 0) is 56.2 Å². The highest BCUT2D eigenvalue weighted by atomic mass is 127. The van der Waals surface area contributed by atoms with Gasteiger partial charge < -0.3 is 25.3 Å². The molecule has 8 heteroatoms. The van der Waals surface area contributed by atoms with E-state index >= 15 is 0 Å². The summed E-state index contributed by atoms with van der Waals surface area (Å²) >= 11 is 0. The molecule has 0 aliphatic rings. The Kier molecular flexibility index (Phi) is 9.91. The van der Waals surface area contributed by atoms with Gasteiger partial charge >= 0.3 is 5.97 Å². The molecule has 30 heavy (non-hydrogen) atoms. The second kappa shape index (κ2) is 11.6. The molecular weight excluding hydrogens is 497 g/mol. The molecule has 2 aromatic carbocycles. The summed E-state index contributed by atoms with van der Waals surface area (Å²) in [6, 6.07) is 12.8. The lowest BCUT2D eigenvalue weighted by atomic mass is 10.1. The Bertz CT molecular complexity index is 879. The van der Waals surface area contributed by atoms with E-state index in [4.69, 9.17) is 19.9 Å². The van der Waals surface area contributed by atoms with E-state index in [-0.39, 0.29) is 29.9 Å². The van der Waals surface area contributed by atoms with Crippen LogP contribution >= 0.6 is 24.0 Å². The van der Waals surface area contributed by atoms with Gasteiger partial charge in [0.05, 0.1) is 26.3 Å². The van der Waals surface area contributed by atoms with Gasteiger partial charge in [0.2, 0.25) is 0 Å². The number of nitrogens with two attached hydrogens (primary N) is 1. The van der Waals surface area contributed by atoms with Gasteiger partial charge in [-0.15, -0.1) is 24.0 Å². The number of hydrogen-bond acceptors (Lipinski definition) is 5. The summed E-state index contributed by atoms with van der Waals surface area (Å²) in [6.07, 6.45) is 0. The molecule has 0 saturated carbocycles. The van der Waals surface area contributed by atoms with Crippen LogP contribution in [-0.4, -0.2) is 31.7 Å². The SMILES string of the molecule is COc1ccc(CNC(N)=NCc2cccc(C(=O)OC(C)(C)C)c2)cc1OC.I.